The number of halogens is 3. The topological polar surface area (TPSA) is 98.3 Å². The fraction of sp³-hybridized carbons (Fsp3) is 0.154. The molecule has 0 radical (unpaired) electrons. The smallest absolute Gasteiger partial charge is 0.356 e. The molecule has 0 bridgehead atoms. The zero-order chi connectivity index (χ0) is 16.3. The molecular formula is C13H10Cl2FN3O3. The largest absolute Gasteiger partial charge is 0.489 e. The molecule has 0 atom stereocenters. The van der Waals surface area contributed by atoms with Crippen LogP contribution in [0.5, 0.6) is 5.75 Å². The van der Waals surface area contributed by atoms with E-state index >= 15 is 0 Å². The lowest BCUT2D eigenvalue weighted by Crippen LogP contribution is -2.09. The molecular weight excluding hydrogens is 336 g/mol. The van der Waals surface area contributed by atoms with E-state index in [1.54, 1.807) is 0 Å². The maximum Gasteiger partial charge on any atom is 0.356 e. The molecule has 0 unspecified atom stereocenters. The molecule has 1 heterocycles. The maximum atomic E-state index is 13.4. The van der Waals surface area contributed by atoms with Crippen LogP contribution in [0.2, 0.25) is 10.0 Å². The lowest BCUT2D eigenvalue weighted by molar-refractivity contribution is 0.0688. The quantitative estimate of drug-likeness (QED) is 0.808. The molecule has 1 aromatic heterocycles. The lowest BCUT2D eigenvalue weighted by atomic mass is 10.1. The van der Waals surface area contributed by atoms with Gasteiger partial charge in [-0.3, -0.25) is 0 Å². The van der Waals surface area contributed by atoms with Crippen LogP contribution in [0.4, 0.5) is 10.2 Å². The van der Waals surface area contributed by atoms with Crippen molar-refractivity contribution in [1.82, 2.24) is 10.2 Å². The highest BCUT2D eigenvalue weighted by atomic mass is 35.5. The van der Waals surface area contributed by atoms with Crippen LogP contribution in [-0.2, 0) is 6.42 Å². The predicted molar refractivity (Wildman–Crippen MR) is 79.0 cm³/mol. The van der Waals surface area contributed by atoms with Gasteiger partial charge in [0.15, 0.2) is 17.3 Å². The highest BCUT2D eigenvalue weighted by molar-refractivity contribution is 6.36. The summed E-state index contributed by atoms with van der Waals surface area (Å²) >= 11 is 11.8. The predicted octanol–water partition coefficient (Wildman–Crippen LogP) is 2.82. The summed E-state index contributed by atoms with van der Waals surface area (Å²) in [5.41, 5.74) is 5.64. The van der Waals surface area contributed by atoms with E-state index in [1.807, 2.05) is 0 Å². The summed E-state index contributed by atoms with van der Waals surface area (Å²) in [6, 6.07) is 3.71. The van der Waals surface area contributed by atoms with Gasteiger partial charge in [0.1, 0.15) is 5.82 Å². The van der Waals surface area contributed by atoms with Crippen molar-refractivity contribution in [3.8, 4) is 5.75 Å². The van der Waals surface area contributed by atoms with Gasteiger partial charge in [-0.1, -0.05) is 23.2 Å². The third kappa shape index (κ3) is 3.55. The van der Waals surface area contributed by atoms with Gasteiger partial charge in [-0.15, -0.1) is 10.2 Å². The number of carbonyl (C=O) groups is 1. The number of nitrogens with two attached hydrogens (primary N) is 1. The molecule has 2 rings (SSSR count). The lowest BCUT2D eigenvalue weighted by Gasteiger charge is -2.10. The van der Waals surface area contributed by atoms with Gasteiger partial charge in [0.25, 0.3) is 0 Å². The Balaban J connectivity index is 2.10. The van der Waals surface area contributed by atoms with Gasteiger partial charge in [0, 0.05) is 17.5 Å². The summed E-state index contributed by atoms with van der Waals surface area (Å²) in [4.78, 5) is 10.8. The van der Waals surface area contributed by atoms with Crippen LogP contribution in [0.15, 0.2) is 18.2 Å². The van der Waals surface area contributed by atoms with Gasteiger partial charge in [-0.25, -0.2) is 9.18 Å². The van der Waals surface area contributed by atoms with E-state index in [1.165, 1.54) is 12.1 Å². The number of carboxylic acid groups (broad SMARTS) is 1. The van der Waals surface area contributed by atoms with Crippen LogP contribution in [0.1, 0.15) is 16.1 Å². The van der Waals surface area contributed by atoms with Crippen LogP contribution in [0, 0.1) is 5.82 Å². The molecule has 0 saturated carbocycles. The monoisotopic (exact) mass is 345 g/mol. The highest BCUT2D eigenvalue weighted by Crippen LogP contribution is 2.28. The number of nitrogens with zero attached hydrogens (tertiary/aromatic N) is 2. The Labute approximate surface area is 134 Å². The minimum absolute atomic E-state index is 0.0534. The average Bonchev–Trinajstić information content (AvgIpc) is 2.48. The zero-order valence-corrected chi connectivity index (χ0v) is 12.5. The van der Waals surface area contributed by atoms with Crippen molar-refractivity contribution >= 4 is 35.0 Å². The fourth-order valence-corrected chi connectivity index (χ4v) is 2.23. The van der Waals surface area contributed by atoms with Crippen molar-refractivity contribution in [3.05, 3.63) is 45.3 Å². The van der Waals surface area contributed by atoms with Crippen molar-refractivity contribution < 1.29 is 19.0 Å². The molecule has 0 aliphatic heterocycles. The molecule has 22 heavy (non-hydrogen) atoms. The average molecular weight is 346 g/mol. The minimum Gasteiger partial charge on any atom is -0.489 e. The first-order valence-electron chi connectivity index (χ1n) is 6.01. The molecule has 0 aliphatic rings. The third-order valence-electron chi connectivity index (χ3n) is 2.75. The maximum absolute atomic E-state index is 13.4. The van der Waals surface area contributed by atoms with Crippen molar-refractivity contribution in [3.63, 3.8) is 0 Å². The minimum atomic E-state index is -1.26. The molecule has 0 spiro atoms. The number of aromatic carboxylic acids is 1. The number of ether oxygens (including phenoxy) is 1. The number of rotatable bonds is 5. The number of nitrogen functional groups attached to an aromatic ring is 1. The SMILES string of the molecule is Nc1nnc(C(=O)O)cc1OCCc1c(Cl)ccc(F)c1Cl. The second kappa shape index (κ2) is 6.76. The molecule has 0 aliphatic carbocycles. The van der Waals surface area contributed by atoms with Crippen LogP contribution < -0.4 is 10.5 Å². The van der Waals surface area contributed by atoms with E-state index in [0.717, 1.165) is 6.07 Å². The molecule has 3 N–H and O–H groups in total. The number of carboxylic acids is 1. The summed E-state index contributed by atoms with van der Waals surface area (Å²) in [6.07, 6.45) is 0.208. The van der Waals surface area contributed by atoms with Crippen LogP contribution in [0.25, 0.3) is 0 Å². The molecule has 6 nitrogen and oxygen atoms in total. The number of anilines is 1. The van der Waals surface area contributed by atoms with Gasteiger partial charge in [0.05, 0.1) is 11.6 Å². The Bertz CT molecular complexity index is 728. The fourth-order valence-electron chi connectivity index (χ4n) is 1.67. The first-order valence-corrected chi connectivity index (χ1v) is 6.77. The van der Waals surface area contributed by atoms with Gasteiger partial charge >= 0.3 is 5.97 Å². The molecule has 0 fully saturated rings. The van der Waals surface area contributed by atoms with Gasteiger partial charge < -0.3 is 15.6 Å². The second-order valence-electron chi connectivity index (χ2n) is 4.20. The van der Waals surface area contributed by atoms with E-state index < -0.39 is 11.8 Å². The zero-order valence-electron chi connectivity index (χ0n) is 11.0. The second-order valence-corrected chi connectivity index (χ2v) is 4.99. The number of benzene rings is 1. The summed E-state index contributed by atoms with van der Waals surface area (Å²) < 4.78 is 18.7. The van der Waals surface area contributed by atoms with E-state index in [4.69, 9.17) is 38.8 Å². The molecule has 0 amide bonds. The molecule has 1 aromatic carbocycles. The Kier molecular flexibility index (Phi) is 4.99. The van der Waals surface area contributed by atoms with Gasteiger partial charge in [-0.2, -0.15) is 0 Å². The number of hydrogen-bond acceptors (Lipinski definition) is 5. The first kappa shape index (κ1) is 16.3. The Morgan fingerprint density at radius 1 is 1.36 bits per heavy atom. The van der Waals surface area contributed by atoms with Crippen LogP contribution in [-0.4, -0.2) is 27.9 Å². The standard InChI is InChI=1S/C13H10Cl2FN3O3/c14-7-1-2-8(16)11(15)6(7)3-4-22-10-5-9(13(20)21)18-19-12(10)17/h1-2,5H,3-4H2,(H2,17,19)(H,20,21). The summed E-state index contributed by atoms with van der Waals surface area (Å²) in [5, 5.41) is 15.9. The van der Waals surface area contributed by atoms with Crippen LogP contribution >= 0.6 is 23.2 Å². The van der Waals surface area contributed by atoms with E-state index in [9.17, 15) is 9.18 Å². The van der Waals surface area contributed by atoms with Crippen molar-refractivity contribution in [2.75, 3.05) is 12.3 Å². The van der Waals surface area contributed by atoms with Crippen molar-refractivity contribution in [2.45, 2.75) is 6.42 Å². The van der Waals surface area contributed by atoms with E-state index in [2.05, 4.69) is 10.2 Å². The molecule has 0 saturated heterocycles. The Morgan fingerprint density at radius 3 is 2.77 bits per heavy atom. The van der Waals surface area contributed by atoms with Gasteiger partial charge in [-0.05, 0) is 17.7 Å². The first-order chi connectivity index (χ1) is 10.4. The van der Waals surface area contributed by atoms with Crippen molar-refractivity contribution in [2.24, 2.45) is 0 Å². The van der Waals surface area contributed by atoms with Crippen LogP contribution in [0.3, 0.4) is 0 Å². The number of hydrogen-bond donors (Lipinski definition) is 2. The highest BCUT2D eigenvalue weighted by Gasteiger charge is 2.13. The molecule has 116 valence electrons. The van der Waals surface area contributed by atoms with Gasteiger partial charge in [0.2, 0.25) is 0 Å². The normalized spacial score (nSPS) is 10.5. The van der Waals surface area contributed by atoms with E-state index in [-0.39, 0.29) is 35.3 Å². The Hall–Kier alpha value is -2.12. The number of aromatic nitrogens is 2. The Morgan fingerprint density at radius 2 is 2.09 bits per heavy atom. The van der Waals surface area contributed by atoms with E-state index in [0.29, 0.717) is 10.6 Å². The summed E-state index contributed by atoms with van der Waals surface area (Å²) in [5.74, 6) is -1.83. The summed E-state index contributed by atoms with van der Waals surface area (Å²) in [7, 11) is 0. The molecule has 2 aromatic rings. The van der Waals surface area contributed by atoms with Crippen molar-refractivity contribution in [1.29, 1.82) is 0 Å². The summed E-state index contributed by atoms with van der Waals surface area (Å²) in [6.45, 7) is 0.0534. The molecule has 9 heteroatoms. The third-order valence-corrected chi connectivity index (χ3v) is 3.52.